The van der Waals surface area contributed by atoms with E-state index in [-0.39, 0.29) is 5.91 Å². The van der Waals surface area contributed by atoms with Crippen LogP contribution in [0.25, 0.3) is 0 Å². The van der Waals surface area contributed by atoms with Crippen LogP contribution in [0.4, 0.5) is 0 Å². The van der Waals surface area contributed by atoms with Crippen LogP contribution < -0.4 is 5.32 Å². The number of hydrogen-bond donors (Lipinski definition) is 2. The van der Waals surface area contributed by atoms with E-state index in [0.29, 0.717) is 31.6 Å². The van der Waals surface area contributed by atoms with Gasteiger partial charge in [0.25, 0.3) is 0 Å². The molecular weight excluding hydrogens is 286 g/mol. The Morgan fingerprint density at radius 1 is 1.43 bits per heavy atom. The zero-order chi connectivity index (χ0) is 15.3. The van der Waals surface area contributed by atoms with Gasteiger partial charge in [-0.2, -0.15) is 11.3 Å². The van der Waals surface area contributed by atoms with E-state index < -0.39 is 11.5 Å². The van der Waals surface area contributed by atoms with Crippen molar-refractivity contribution in [3.05, 3.63) is 22.4 Å². The first-order valence-corrected chi connectivity index (χ1v) is 8.55. The average molecular weight is 309 g/mol. The van der Waals surface area contributed by atoms with E-state index in [2.05, 4.69) is 12.2 Å². The number of carboxylic acids is 1. The van der Waals surface area contributed by atoms with Gasteiger partial charge in [0.05, 0.1) is 0 Å². The van der Waals surface area contributed by atoms with E-state index in [0.717, 1.165) is 24.8 Å². The van der Waals surface area contributed by atoms with E-state index in [1.165, 1.54) is 0 Å². The Hall–Kier alpha value is -1.36. The summed E-state index contributed by atoms with van der Waals surface area (Å²) in [6, 6.07) is 2.00. The molecule has 1 amide bonds. The van der Waals surface area contributed by atoms with Gasteiger partial charge in [-0.25, -0.2) is 4.79 Å². The fourth-order valence-corrected chi connectivity index (χ4v) is 3.70. The number of amides is 1. The zero-order valence-corrected chi connectivity index (χ0v) is 13.2. The van der Waals surface area contributed by atoms with Crippen molar-refractivity contribution >= 4 is 23.2 Å². The molecule has 2 rings (SSSR count). The van der Waals surface area contributed by atoms with Gasteiger partial charge in [0.15, 0.2) is 0 Å². The minimum Gasteiger partial charge on any atom is -0.480 e. The highest BCUT2D eigenvalue weighted by Gasteiger charge is 2.42. The molecule has 0 atom stereocenters. The van der Waals surface area contributed by atoms with Gasteiger partial charge in [-0.05, 0) is 60.4 Å². The second-order valence-electron chi connectivity index (χ2n) is 5.92. The van der Waals surface area contributed by atoms with Crippen LogP contribution in [0.15, 0.2) is 16.8 Å². The summed E-state index contributed by atoms with van der Waals surface area (Å²) in [5, 5.41) is 16.3. The second-order valence-corrected chi connectivity index (χ2v) is 6.70. The Kier molecular flexibility index (Phi) is 5.39. The number of thiophene rings is 1. The Balaban J connectivity index is 1.90. The van der Waals surface area contributed by atoms with Gasteiger partial charge in [-0.1, -0.05) is 13.3 Å². The van der Waals surface area contributed by atoms with Crippen molar-refractivity contribution in [2.75, 3.05) is 0 Å². The smallest absolute Gasteiger partial charge is 0.329 e. The zero-order valence-electron chi connectivity index (χ0n) is 12.4. The summed E-state index contributed by atoms with van der Waals surface area (Å²) in [4.78, 5) is 23.7. The van der Waals surface area contributed by atoms with Crippen molar-refractivity contribution in [3.8, 4) is 0 Å². The maximum atomic E-state index is 12.1. The fraction of sp³-hybridized carbons (Fsp3) is 0.625. The van der Waals surface area contributed by atoms with Crippen LogP contribution in [0.2, 0.25) is 0 Å². The number of rotatable bonds is 6. The minimum absolute atomic E-state index is 0.154. The molecule has 0 bridgehead atoms. The molecule has 1 heterocycles. The number of aryl methyl sites for hydroxylation is 1. The Morgan fingerprint density at radius 3 is 2.67 bits per heavy atom. The number of carbonyl (C=O) groups excluding carboxylic acids is 1. The SMILES string of the molecule is CCC1CCC(NC(=O)CCc2ccsc2)(C(=O)O)CC1. The quantitative estimate of drug-likeness (QED) is 0.848. The van der Waals surface area contributed by atoms with Gasteiger partial charge < -0.3 is 10.4 Å². The van der Waals surface area contributed by atoms with Gasteiger partial charge >= 0.3 is 5.97 Å². The van der Waals surface area contributed by atoms with Crippen molar-refractivity contribution in [1.29, 1.82) is 0 Å². The fourth-order valence-electron chi connectivity index (χ4n) is 2.99. The number of nitrogens with one attached hydrogen (secondary N) is 1. The van der Waals surface area contributed by atoms with Crippen molar-refractivity contribution < 1.29 is 14.7 Å². The third kappa shape index (κ3) is 4.06. The third-order valence-corrected chi connectivity index (χ3v) is 5.28. The van der Waals surface area contributed by atoms with E-state index in [1.54, 1.807) is 11.3 Å². The molecule has 0 aromatic carbocycles. The van der Waals surface area contributed by atoms with Crippen molar-refractivity contribution in [3.63, 3.8) is 0 Å². The van der Waals surface area contributed by atoms with Gasteiger partial charge in [-0.3, -0.25) is 4.79 Å². The van der Waals surface area contributed by atoms with Crippen molar-refractivity contribution in [2.45, 2.75) is 57.4 Å². The molecule has 4 nitrogen and oxygen atoms in total. The van der Waals surface area contributed by atoms with Crippen LogP contribution in [0.5, 0.6) is 0 Å². The molecular formula is C16H23NO3S. The molecule has 1 aromatic heterocycles. The first-order chi connectivity index (χ1) is 10.1. The summed E-state index contributed by atoms with van der Waals surface area (Å²) in [5.41, 5.74) is 0.0893. The second kappa shape index (κ2) is 7.07. The van der Waals surface area contributed by atoms with E-state index in [1.807, 2.05) is 16.8 Å². The number of carbonyl (C=O) groups is 2. The van der Waals surface area contributed by atoms with E-state index >= 15 is 0 Å². The minimum atomic E-state index is -1.04. The summed E-state index contributed by atoms with van der Waals surface area (Å²) in [5.74, 6) is -0.445. The summed E-state index contributed by atoms with van der Waals surface area (Å²) >= 11 is 1.61. The van der Waals surface area contributed by atoms with Gasteiger partial charge in [0, 0.05) is 6.42 Å². The molecule has 1 saturated carbocycles. The lowest BCUT2D eigenvalue weighted by Gasteiger charge is -2.37. The maximum Gasteiger partial charge on any atom is 0.329 e. The average Bonchev–Trinajstić information content (AvgIpc) is 2.99. The van der Waals surface area contributed by atoms with Crippen LogP contribution in [0.1, 0.15) is 51.0 Å². The van der Waals surface area contributed by atoms with Gasteiger partial charge in [0.2, 0.25) is 5.91 Å². The Labute approximate surface area is 129 Å². The molecule has 21 heavy (non-hydrogen) atoms. The lowest BCUT2D eigenvalue weighted by molar-refractivity contribution is -0.149. The lowest BCUT2D eigenvalue weighted by atomic mass is 9.75. The predicted molar refractivity (Wildman–Crippen MR) is 83.4 cm³/mol. The molecule has 0 saturated heterocycles. The standard InChI is InChI=1S/C16H23NO3S/c1-2-12-5-8-16(9-6-12,15(19)20)17-14(18)4-3-13-7-10-21-11-13/h7,10-12H,2-6,8-9H2,1H3,(H,17,18)(H,19,20). The molecule has 2 N–H and O–H groups in total. The van der Waals surface area contributed by atoms with Gasteiger partial charge in [-0.15, -0.1) is 0 Å². The monoisotopic (exact) mass is 309 g/mol. The number of aliphatic carboxylic acids is 1. The third-order valence-electron chi connectivity index (χ3n) is 4.54. The van der Waals surface area contributed by atoms with Crippen LogP contribution in [-0.4, -0.2) is 22.5 Å². The normalized spacial score (nSPS) is 25.5. The number of carboxylic acid groups (broad SMARTS) is 1. The molecule has 0 radical (unpaired) electrons. The summed E-state index contributed by atoms with van der Waals surface area (Å²) in [6.45, 7) is 2.14. The van der Waals surface area contributed by atoms with Crippen LogP contribution >= 0.6 is 11.3 Å². The summed E-state index contributed by atoms with van der Waals surface area (Å²) in [7, 11) is 0. The molecule has 116 valence electrons. The molecule has 1 aromatic rings. The Morgan fingerprint density at radius 2 is 2.14 bits per heavy atom. The predicted octanol–water partition coefficient (Wildman–Crippen LogP) is 3.22. The van der Waals surface area contributed by atoms with Crippen LogP contribution in [0.3, 0.4) is 0 Å². The summed E-state index contributed by atoms with van der Waals surface area (Å²) < 4.78 is 0. The maximum absolute atomic E-state index is 12.1. The highest BCUT2D eigenvalue weighted by atomic mass is 32.1. The van der Waals surface area contributed by atoms with Gasteiger partial charge in [0.1, 0.15) is 5.54 Å². The molecule has 1 fully saturated rings. The van der Waals surface area contributed by atoms with Crippen LogP contribution in [-0.2, 0) is 16.0 Å². The first-order valence-electron chi connectivity index (χ1n) is 7.61. The largest absolute Gasteiger partial charge is 0.480 e. The lowest BCUT2D eigenvalue weighted by Crippen LogP contribution is -2.56. The molecule has 1 aliphatic carbocycles. The molecule has 5 heteroatoms. The Bertz CT molecular complexity index is 476. The molecule has 0 unspecified atom stereocenters. The summed E-state index contributed by atoms with van der Waals surface area (Å²) in [6.07, 6.45) is 4.96. The first kappa shape index (κ1) is 16.0. The van der Waals surface area contributed by atoms with Crippen molar-refractivity contribution in [1.82, 2.24) is 5.32 Å². The molecule has 0 spiro atoms. The van der Waals surface area contributed by atoms with Crippen LogP contribution in [0, 0.1) is 5.92 Å². The van der Waals surface area contributed by atoms with E-state index in [4.69, 9.17) is 0 Å². The van der Waals surface area contributed by atoms with Crippen molar-refractivity contribution in [2.24, 2.45) is 5.92 Å². The molecule has 1 aliphatic rings. The highest BCUT2D eigenvalue weighted by molar-refractivity contribution is 7.07. The van der Waals surface area contributed by atoms with E-state index in [9.17, 15) is 14.7 Å². The highest BCUT2D eigenvalue weighted by Crippen LogP contribution is 2.34. The topological polar surface area (TPSA) is 66.4 Å². The number of hydrogen-bond acceptors (Lipinski definition) is 3. The molecule has 0 aliphatic heterocycles.